The number of rotatable bonds is 3. The van der Waals surface area contributed by atoms with Gasteiger partial charge in [0, 0.05) is 19.1 Å². The fourth-order valence-corrected chi connectivity index (χ4v) is 5.15. The molecule has 2 saturated heterocycles. The van der Waals surface area contributed by atoms with Gasteiger partial charge in [-0.3, -0.25) is 0 Å². The third-order valence-corrected chi connectivity index (χ3v) is 6.44. The van der Waals surface area contributed by atoms with Crippen molar-refractivity contribution < 1.29 is 8.42 Å². The molecule has 0 bridgehead atoms. The number of hydrogen-bond acceptors (Lipinski definition) is 3. The third-order valence-electron chi connectivity index (χ3n) is 4.06. The summed E-state index contributed by atoms with van der Waals surface area (Å²) in [4.78, 5) is 0. The number of nitrogens with one attached hydrogen (secondary N) is 1. The first-order chi connectivity index (χ1) is 8.16. The highest BCUT2D eigenvalue weighted by atomic mass is 32.2. The molecule has 1 N–H and O–H groups in total. The van der Waals surface area contributed by atoms with Gasteiger partial charge >= 0.3 is 0 Å². The van der Waals surface area contributed by atoms with Gasteiger partial charge in [0.15, 0.2) is 0 Å². The molecule has 2 heterocycles. The lowest BCUT2D eigenvalue weighted by molar-refractivity contribution is 0.311. The Kier molecular flexibility index (Phi) is 4.44. The quantitative estimate of drug-likeness (QED) is 0.833. The maximum Gasteiger partial charge on any atom is 0.218 e. The molecule has 2 aliphatic heterocycles. The Bertz CT molecular complexity index is 336. The van der Waals surface area contributed by atoms with E-state index in [1.807, 2.05) is 4.31 Å². The average molecular weight is 260 g/mol. The second kappa shape index (κ2) is 5.67. The van der Waals surface area contributed by atoms with E-state index in [1.165, 1.54) is 12.8 Å². The van der Waals surface area contributed by atoms with E-state index in [0.29, 0.717) is 6.54 Å². The first-order valence-corrected chi connectivity index (χ1v) is 8.38. The fraction of sp³-hybridized carbons (Fsp3) is 1.00. The van der Waals surface area contributed by atoms with E-state index < -0.39 is 10.0 Å². The monoisotopic (exact) mass is 260 g/mol. The molecule has 17 heavy (non-hydrogen) atoms. The maximum atomic E-state index is 12.6. The van der Waals surface area contributed by atoms with Crippen LogP contribution in [0.3, 0.4) is 0 Å². The zero-order valence-electron chi connectivity index (χ0n) is 10.7. The van der Waals surface area contributed by atoms with Gasteiger partial charge in [0.2, 0.25) is 10.0 Å². The lowest BCUT2D eigenvalue weighted by atomic mass is 10.1. The summed E-state index contributed by atoms with van der Waals surface area (Å²) >= 11 is 0. The third kappa shape index (κ3) is 2.83. The molecule has 100 valence electrons. The molecule has 0 aromatic rings. The van der Waals surface area contributed by atoms with Gasteiger partial charge in [0.05, 0.1) is 5.25 Å². The van der Waals surface area contributed by atoms with Gasteiger partial charge in [0.25, 0.3) is 0 Å². The van der Waals surface area contributed by atoms with Crippen LogP contribution in [0.1, 0.15) is 45.4 Å². The zero-order valence-corrected chi connectivity index (χ0v) is 11.5. The zero-order chi connectivity index (χ0) is 12.3. The first-order valence-electron chi connectivity index (χ1n) is 6.87. The Balaban J connectivity index is 2.16. The largest absolute Gasteiger partial charge is 0.315 e. The molecule has 0 saturated carbocycles. The summed E-state index contributed by atoms with van der Waals surface area (Å²) in [6.07, 6.45) is 6.12. The molecular weight excluding hydrogens is 236 g/mol. The van der Waals surface area contributed by atoms with Crippen LogP contribution in [0.2, 0.25) is 0 Å². The lowest BCUT2D eigenvalue weighted by Crippen LogP contribution is -2.45. The van der Waals surface area contributed by atoms with Crippen LogP contribution in [0.15, 0.2) is 0 Å². The Morgan fingerprint density at radius 3 is 2.71 bits per heavy atom. The number of nitrogens with zero attached hydrogens (tertiary/aromatic N) is 1. The van der Waals surface area contributed by atoms with Crippen LogP contribution in [0, 0.1) is 0 Å². The summed E-state index contributed by atoms with van der Waals surface area (Å²) in [7, 11) is -3.08. The summed E-state index contributed by atoms with van der Waals surface area (Å²) in [5.74, 6) is 0. The van der Waals surface area contributed by atoms with E-state index in [4.69, 9.17) is 0 Å². The van der Waals surface area contributed by atoms with E-state index in [1.54, 1.807) is 0 Å². The molecular formula is C12H24N2O2S. The molecule has 5 heteroatoms. The predicted octanol–water partition coefficient (Wildman–Crippen LogP) is 1.33. The highest BCUT2D eigenvalue weighted by molar-refractivity contribution is 7.89. The van der Waals surface area contributed by atoms with Gasteiger partial charge in [-0.1, -0.05) is 19.8 Å². The number of sulfonamides is 1. The van der Waals surface area contributed by atoms with Crippen molar-refractivity contribution >= 4 is 10.0 Å². The predicted molar refractivity (Wildman–Crippen MR) is 69.4 cm³/mol. The van der Waals surface area contributed by atoms with Crippen LogP contribution < -0.4 is 5.32 Å². The maximum absolute atomic E-state index is 12.6. The number of hydrogen-bond donors (Lipinski definition) is 1. The van der Waals surface area contributed by atoms with Gasteiger partial charge in [-0.25, -0.2) is 8.42 Å². The average Bonchev–Trinajstić information content (AvgIpc) is 2.74. The van der Waals surface area contributed by atoms with Crippen molar-refractivity contribution in [3.05, 3.63) is 0 Å². The van der Waals surface area contributed by atoms with Crippen LogP contribution in [0.25, 0.3) is 0 Å². The van der Waals surface area contributed by atoms with Crippen molar-refractivity contribution in [1.82, 2.24) is 9.62 Å². The molecule has 2 aliphatic rings. The van der Waals surface area contributed by atoms with Gasteiger partial charge in [-0.2, -0.15) is 4.31 Å². The van der Waals surface area contributed by atoms with Crippen molar-refractivity contribution in [1.29, 1.82) is 0 Å². The summed E-state index contributed by atoms with van der Waals surface area (Å²) < 4.78 is 27.0. The van der Waals surface area contributed by atoms with Crippen molar-refractivity contribution in [2.24, 2.45) is 0 Å². The van der Waals surface area contributed by atoms with Crippen molar-refractivity contribution in [3.63, 3.8) is 0 Å². The topological polar surface area (TPSA) is 49.4 Å². The van der Waals surface area contributed by atoms with E-state index >= 15 is 0 Å². The minimum Gasteiger partial charge on any atom is -0.315 e. The fourth-order valence-electron chi connectivity index (χ4n) is 2.97. The standard InChI is InChI=1S/C12H24N2O2S/c1-2-11-6-4-3-5-9-14(11)17(15,16)12-7-8-13-10-12/h11-13H,2-10H2,1H3. The summed E-state index contributed by atoms with van der Waals surface area (Å²) in [5.41, 5.74) is 0. The van der Waals surface area contributed by atoms with Crippen molar-refractivity contribution in [3.8, 4) is 0 Å². The van der Waals surface area contributed by atoms with E-state index in [9.17, 15) is 8.42 Å². The highest BCUT2D eigenvalue weighted by Gasteiger charge is 2.37. The smallest absolute Gasteiger partial charge is 0.218 e. The molecule has 0 spiro atoms. The van der Waals surface area contributed by atoms with Gasteiger partial charge in [-0.15, -0.1) is 0 Å². The minimum absolute atomic E-state index is 0.186. The van der Waals surface area contributed by atoms with Crippen molar-refractivity contribution in [2.45, 2.75) is 56.7 Å². The van der Waals surface area contributed by atoms with Crippen LogP contribution >= 0.6 is 0 Å². The van der Waals surface area contributed by atoms with Crippen LogP contribution in [-0.2, 0) is 10.0 Å². The SMILES string of the molecule is CCC1CCCCCN1S(=O)(=O)C1CCNC1. The van der Waals surface area contributed by atoms with Crippen molar-refractivity contribution in [2.75, 3.05) is 19.6 Å². The van der Waals surface area contributed by atoms with E-state index in [0.717, 1.165) is 38.8 Å². The van der Waals surface area contributed by atoms with Gasteiger partial charge < -0.3 is 5.32 Å². The lowest BCUT2D eigenvalue weighted by Gasteiger charge is -2.30. The molecule has 0 aliphatic carbocycles. The van der Waals surface area contributed by atoms with E-state index in [2.05, 4.69) is 12.2 Å². The molecule has 4 nitrogen and oxygen atoms in total. The molecule has 0 aromatic heterocycles. The molecule has 2 unspecified atom stereocenters. The van der Waals surface area contributed by atoms with E-state index in [-0.39, 0.29) is 11.3 Å². The van der Waals surface area contributed by atoms with Crippen LogP contribution in [-0.4, -0.2) is 43.6 Å². The highest BCUT2D eigenvalue weighted by Crippen LogP contribution is 2.25. The first kappa shape index (κ1) is 13.3. The second-order valence-electron chi connectivity index (χ2n) is 5.18. The Hall–Kier alpha value is -0.130. The Labute approximate surface area is 105 Å². The van der Waals surface area contributed by atoms with Gasteiger partial charge in [-0.05, 0) is 32.2 Å². The van der Waals surface area contributed by atoms with Crippen LogP contribution in [0.4, 0.5) is 0 Å². The van der Waals surface area contributed by atoms with Gasteiger partial charge in [0.1, 0.15) is 0 Å². The summed E-state index contributed by atoms with van der Waals surface area (Å²) in [6.45, 7) is 4.31. The second-order valence-corrected chi connectivity index (χ2v) is 7.35. The molecule has 0 amide bonds. The Morgan fingerprint density at radius 2 is 2.06 bits per heavy atom. The summed E-state index contributed by atoms with van der Waals surface area (Å²) in [5, 5.41) is 2.97. The normalized spacial score (nSPS) is 32.5. The molecule has 0 radical (unpaired) electrons. The Morgan fingerprint density at radius 1 is 1.24 bits per heavy atom. The summed E-state index contributed by atoms with van der Waals surface area (Å²) in [6, 6.07) is 0.239. The minimum atomic E-state index is -3.08. The van der Waals surface area contributed by atoms with Crippen LogP contribution in [0.5, 0.6) is 0 Å². The molecule has 0 aromatic carbocycles. The molecule has 2 rings (SSSR count). The molecule has 2 atom stereocenters. The molecule has 2 fully saturated rings.